The van der Waals surface area contributed by atoms with Gasteiger partial charge in [-0.1, -0.05) is 0 Å². The predicted molar refractivity (Wildman–Crippen MR) is 74.4 cm³/mol. The van der Waals surface area contributed by atoms with E-state index in [1.807, 2.05) is 31.2 Å². The molecule has 0 aromatic heterocycles. The molecule has 4 heteroatoms. The standard InChI is InChI=1S/C15H15NO3/c1-10-9-11(15(17)18)3-8-14(10)16-12-4-6-13(19-2)7-5-12/h3-9,16H,1-2H3,(H,17,18). The first kappa shape index (κ1) is 13.0. The molecule has 0 bridgehead atoms. The molecule has 0 heterocycles. The Morgan fingerprint density at radius 3 is 2.37 bits per heavy atom. The van der Waals surface area contributed by atoms with Crippen LogP contribution >= 0.6 is 0 Å². The van der Waals surface area contributed by atoms with E-state index in [2.05, 4.69) is 5.32 Å². The van der Waals surface area contributed by atoms with Gasteiger partial charge in [0.1, 0.15) is 5.75 Å². The molecule has 2 aromatic rings. The van der Waals surface area contributed by atoms with Crippen LogP contribution in [0.25, 0.3) is 0 Å². The summed E-state index contributed by atoms with van der Waals surface area (Å²) in [4.78, 5) is 10.9. The monoisotopic (exact) mass is 257 g/mol. The van der Waals surface area contributed by atoms with Gasteiger partial charge in [-0.15, -0.1) is 0 Å². The van der Waals surface area contributed by atoms with Crippen molar-refractivity contribution in [2.24, 2.45) is 0 Å². The number of nitrogens with one attached hydrogen (secondary N) is 1. The number of carboxylic acid groups (broad SMARTS) is 1. The van der Waals surface area contributed by atoms with E-state index in [1.165, 1.54) is 0 Å². The molecule has 19 heavy (non-hydrogen) atoms. The fourth-order valence-corrected chi connectivity index (χ4v) is 1.77. The van der Waals surface area contributed by atoms with Crippen molar-refractivity contribution in [1.29, 1.82) is 0 Å². The van der Waals surface area contributed by atoms with Crippen LogP contribution in [0.2, 0.25) is 0 Å². The lowest BCUT2D eigenvalue weighted by molar-refractivity contribution is 0.0697. The number of anilines is 2. The van der Waals surface area contributed by atoms with Gasteiger partial charge in [-0.25, -0.2) is 4.79 Å². The second kappa shape index (κ2) is 5.44. The largest absolute Gasteiger partial charge is 0.497 e. The molecule has 2 aromatic carbocycles. The Labute approximate surface area is 111 Å². The summed E-state index contributed by atoms with van der Waals surface area (Å²) in [5.74, 6) is -0.123. The minimum Gasteiger partial charge on any atom is -0.497 e. The third kappa shape index (κ3) is 3.04. The van der Waals surface area contributed by atoms with Gasteiger partial charge in [-0.3, -0.25) is 0 Å². The highest BCUT2D eigenvalue weighted by Crippen LogP contribution is 2.23. The summed E-state index contributed by atoms with van der Waals surface area (Å²) >= 11 is 0. The fourth-order valence-electron chi connectivity index (χ4n) is 1.77. The number of ether oxygens (including phenoxy) is 1. The first-order chi connectivity index (χ1) is 9.10. The van der Waals surface area contributed by atoms with E-state index in [4.69, 9.17) is 9.84 Å². The van der Waals surface area contributed by atoms with Crippen molar-refractivity contribution < 1.29 is 14.6 Å². The Kier molecular flexibility index (Phi) is 3.71. The molecule has 0 saturated heterocycles. The van der Waals surface area contributed by atoms with Crippen molar-refractivity contribution in [1.82, 2.24) is 0 Å². The van der Waals surface area contributed by atoms with E-state index < -0.39 is 5.97 Å². The smallest absolute Gasteiger partial charge is 0.335 e. The summed E-state index contributed by atoms with van der Waals surface area (Å²) in [5, 5.41) is 12.2. The molecule has 2 N–H and O–H groups in total. The number of benzene rings is 2. The van der Waals surface area contributed by atoms with Gasteiger partial charge in [-0.05, 0) is 55.0 Å². The van der Waals surface area contributed by atoms with E-state index in [-0.39, 0.29) is 5.56 Å². The zero-order valence-electron chi connectivity index (χ0n) is 10.8. The topological polar surface area (TPSA) is 58.6 Å². The van der Waals surface area contributed by atoms with Crippen LogP contribution in [0.5, 0.6) is 5.75 Å². The molecule has 0 aliphatic rings. The Morgan fingerprint density at radius 1 is 1.16 bits per heavy atom. The maximum Gasteiger partial charge on any atom is 0.335 e. The number of aromatic carboxylic acids is 1. The van der Waals surface area contributed by atoms with E-state index in [1.54, 1.807) is 25.3 Å². The molecule has 2 rings (SSSR count). The second-order valence-corrected chi connectivity index (χ2v) is 4.19. The molecule has 0 spiro atoms. The highest BCUT2D eigenvalue weighted by atomic mass is 16.5. The van der Waals surface area contributed by atoms with Gasteiger partial charge < -0.3 is 15.2 Å². The van der Waals surface area contributed by atoms with Gasteiger partial charge in [0.15, 0.2) is 0 Å². The maximum absolute atomic E-state index is 10.9. The van der Waals surface area contributed by atoms with Gasteiger partial charge in [-0.2, -0.15) is 0 Å². The van der Waals surface area contributed by atoms with Crippen molar-refractivity contribution >= 4 is 17.3 Å². The van der Waals surface area contributed by atoms with Crippen LogP contribution in [-0.4, -0.2) is 18.2 Å². The average Bonchev–Trinajstić information content (AvgIpc) is 2.41. The molecular weight excluding hydrogens is 242 g/mol. The molecule has 98 valence electrons. The lowest BCUT2D eigenvalue weighted by atomic mass is 10.1. The third-order valence-corrected chi connectivity index (χ3v) is 2.84. The average molecular weight is 257 g/mol. The normalized spacial score (nSPS) is 10.0. The van der Waals surface area contributed by atoms with Crippen molar-refractivity contribution in [3.8, 4) is 5.75 Å². The summed E-state index contributed by atoms with van der Waals surface area (Å²) in [6.07, 6.45) is 0. The van der Waals surface area contributed by atoms with Crippen molar-refractivity contribution in [3.05, 3.63) is 53.6 Å². The van der Waals surface area contributed by atoms with Crippen molar-refractivity contribution in [2.75, 3.05) is 12.4 Å². The maximum atomic E-state index is 10.9. The number of methoxy groups -OCH3 is 1. The van der Waals surface area contributed by atoms with Crippen LogP contribution < -0.4 is 10.1 Å². The molecule has 0 atom stereocenters. The number of rotatable bonds is 4. The van der Waals surface area contributed by atoms with Crippen molar-refractivity contribution in [3.63, 3.8) is 0 Å². The fraction of sp³-hybridized carbons (Fsp3) is 0.133. The Morgan fingerprint density at radius 2 is 1.84 bits per heavy atom. The van der Waals surface area contributed by atoms with E-state index in [9.17, 15) is 4.79 Å². The minimum absolute atomic E-state index is 0.290. The molecule has 0 unspecified atom stereocenters. The molecule has 0 aliphatic carbocycles. The van der Waals surface area contributed by atoms with Gasteiger partial charge in [0.2, 0.25) is 0 Å². The zero-order valence-corrected chi connectivity index (χ0v) is 10.8. The molecule has 0 saturated carbocycles. The van der Waals surface area contributed by atoms with Crippen LogP contribution in [0.4, 0.5) is 11.4 Å². The number of hydrogen-bond acceptors (Lipinski definition) is 3. The van der Waals surface area contributed by atoms with Gasteiger partial charge in [0, 0.05) is 11.4 Å². The molecule has 0 aliphatic heterocycles. The van der Waals surface area contributed by atoms with Crippen LogP contribution in [0.3, 0.4) is 0 Å². The van der Waals surface area contributed by atoms with Gasteiger partial charge in [0.05, 0.1) is 12.7 Å². The number of carboxylic acids is 1. The lowest BCUT2D eigenvalue weighted by Gasteiger charge is -2.10. The highest BCUT2D eigenvalue weighted by Gasteiger charge is 2.05. The summed E-state index contributed by atoms with van der Waals surface area (Å²) in [6, 6.07) is 12.5. The Balaban J connectivity index is 2.20. The zero-order chi connectivity index (χ0) is 13.8. The van der Waals surface area contributed by atoms with Crippen LogP contribution in [0, 0.1) is 6.92 Å². The minimum atomic E-state index is -0.918. The summed E-state index contributed by atoms with van der Waals surface area (Å²) in [7, 11) is 1.62. The Bertz CT molecular complexity index is 591. The van der Waals surface area contributed by atoms with E-state index in [0.29, 0.717) is 0 Å². The SMILES string of the molecule is COc1ccc(Nc2ccc(C(=O)O)cc2C)cc1. The van der Waals surface area contributed by atoms with Crippen molar-refractivity contribution in [2.45, 2.75) is 6.92 Å². The molecule has 0 amide bonds. The molecular formula is C15H15NO3. The van der Waals surface area contributed by atoms with Gasteiger partial charge >= 0.3 is 5.97 Å². The van der Waals surface area contributed by atoms with Crippen LogP contribution in [0.15, 0.2) is 42.5 Å². The number of hydrogen-bond donors (Lipinski definition) is 2. The highest BCUT2D eigenvalue weighted by molar-refractivity contribution is 5.88. The van der Waals surface area contributed by atoms with Gasteiger partial charge in [0.25, 0.3) is 0 Å². The second-order valence-electron chi connectivity index (χ2n) is 4.19. The summed E-state index contributed by atoms with van der Waals surface area (Å²) in [5.41, 5.74) is 2.98. The first-order valence-electron chi connectivity index (χ1n) is 5.85. The molecule has 4 nitrogen and oxygen atoms in total. The summed E-state index contributed by atoms with van der Waals surface area (Å²) < 4.78 is 5.09. The van der Waals surface area contributed by atoms with E-state index >= 15 is 0 Å². The molecule has 0 radical (unpaired) electrons. The van der Waals surface area contributed by atoms with Crippen LogP contribution in [0.1, 0.15) is 15.9 Å². The first-order valence-corrected chi connectivity index (χ1v) is 5.85. The number of aryl methyl sites for hydroxylation is 1. The third-order valence-electron chi connectivity index (χ3n) is 2.84. The lowest BCUT2D eigenvalue weighted by Crippen LogP contribution is -1.99. The predicted octanol–water partition coefficient (Wildman–Crippen LogP) is 3.45. The molecule has 0 fully saturated rings. The summed E-state index contributed by atoms with van der Waals surface area (Å²) in [6.45, 7) is 1.87. The van der Waals surface area contributed by atoms with E-state index in [0.717, 1.165) is 22.7 Å². The number of carbonyl (C=O) groups is 1. The quantitative estimate of drug-likeness (QED) is 0.880. The Hall–Kier alpha value is -2.49. The van der Waals surface area contributed by atoms with Crippen LogP contribution in [-0.2, 0) is 0 Å².